The van der Waals surface area contributed by atoms with E-state index in [9.17, 15) is 14.4 Å². The zero-order valence-corrected chi connectivity index (χ0v) is 13.2. The summed E-state index contributed by atoms with van der Waals surface area (Å²) in [6.07, 6.45) is 1.42. The minimum absolute atomic E-state index is 0.151. The molecule has 7 nitrogen and oxygen atoms in total. The Morgan fingerprint density at radius 2 is 1.83 bits per heavy atom. The zero-order chi connectivity index (χ0) is 17.0. The van der Waals surface area contributed by atoms with Gasteiger partial charge in [0.2, 0.25) is 0 Å². The molecule has 1 aromatic heterocycles. The number of aromatic amines is 1. The lowest BCUT2D eigenvalue weighted by atomic mass is 10.2. The summed E-state index contributed by atoms with van der Waals surface area (Å²) < 4.78 is 5.07. The molecule has 1 aromatic carbocycles. The van der Waals surface area contributed by atoms with Crippen molar-refractivity contribution in [2.75, 3.05) is 7.11 Å². The normalized spacial score (nSPS) is 10.0. The molecule has 0 unspecified atom stereocenters. The van der Waals surface area contributed by atoms with Crippen molar-refractivity contribution < 1.29 is 19.1 Å². The largest absolute Gasteiger partial charge is 0.496 e. The minimum Gasteiger partial charge on any atom is -0.496 e. The predicted octanol–water partition coefficient (Wildman–Crippen LogP) is 1.95. The molecule has 0 spiro atoms. The lowest BCUT2D eigenvalue weighted by Gasteiger charge is -2.10. The molecule has 0 saturated heterocycles. The second-order valence-corrected chi connectivity index (χ2v) is 5.05. The van der Waals surface area contributed by atoms with Crippen LogP contribution in [0.4, 0.5) is 0 Å². The number of hydrazine groups is 1. The number of hydrogen-bond acceptors (Lipinski definition) is 4. The number of rotatable bonds is 4. The molecule has 0 aliphatic heterocycles. The van der Waals surface area contributed by atoms with Crippen LogP contribution >= 0.6 is 11.6 Å². The van der Waals surface area contributed by atoms with Crippen molar-refractivity contribution in [2.45, 2.75) is 6.92 Å². The molecule has 8 heteroatoms. The van der Waals surface area contributed by atoms with Crippen LogP contribution in [0.5, 0.6) is 5.75 Å². The number of hydrogen-bond donors (Lipinski definition) is 3. The van der Waals surface area contributed by atoms with Crippen molar-refractivity contribution in [2.24, 2.45) is 0 Å². The Morgan fingerprint density at radius 1 is 1.13 bits per heavy atom. The third-order valence-electron chi connectivity index (χ3n) is 3.03. The fourth-order valence-corrected chi connectivity index (χ4v) is 1.99. The van der Waals surface area contributed by atoms with Crippen molar-refractivity contribution in [1.82, 2.24) is 15.8 Å². The Kier molecular flexibility index (Phi) is 5.02. The van der Waals surface area contributed by atoms with Crippen LogP contribution in [0, 0.1) is 0 Å². The summed E-state index contributed by atoms with van der Waals surface area (Å²) in [5.41, 5.74) is 5.25. The van der Waals surface area contributed by atoms with Gasteiger partial charge in [-0.2, -0.15) is 0 Å². The molecule has 2 rings (SSSR count). The van der Waals surface area contributed by atoms with Crippen LogP contribution in [0.15, 0.2) is 30.5 Å². The molecule has 0 radical (unpaired) electrons. The van der Waals surface area contributed by atoms with Gasteiger partial charge in [0.05, 0.1) is 12.7 Å². The first-order valence-electron chi connectivity index (χ1n) is 6.56. The summed E-state index contributed by atoms with van der Waals surface area (Å²) in [5.74, 6) is -1.04. The van der Waals surface area contributed by atoms with Crippen LogP contribution in [0.2, 0.25) is 5.02 Å². The number of carbonyl (C=O) groups is 3. The van der Waals surface area contributed by atoms with Crippen molar-refractivity contribution in [3.05, 3.63) is 52.3 Å². The second-order valence-electron chi connectivity index (χ2n) is 4.61. The fraction of sp³-hybridized carbons (Fsp3) is 0.133. The van der Waals surface area contributed by atoms with Gasteiger partial charge in [0.15, 0.2) is 5.78 Å². The van der Waals surface area contributed by atoms with Crippen LogP contribution in [-0.4, -0.2) is 29.7 Å². The number of methoxy groups -OCH3 is 1. The maximum Gasteiger partial charge on any atom is 0.286 e. The van der Waals surface area contributed by atoms with Gasteiger partial charge in [-0.15, -0.1) is 0 Å². The van der Waals surface area contributed by atoms with Crippen LogP contribution in [0.3, 0.4) is 0 Å². The predicted molar refractivity (Wildman–Crippen MR) is 83.7 cm³/mol. The van der Waals surface area contributed by atoms with E-state index in [4.69, 9.17) is 16.3 Å². The molecule has 23 heavy (non-hydrogen) atoms. The SMILES string of the molecule is COc1cc(Cl)ccc1C(=O)NNC(=O)c1cc(C(C)=O)c[nH]1. The molecule has 3 N–H and O–H groups in total. The first kappa shape index (κ1) is 16.6. The second kappa shape index (κ2) is 6.97. The van der Waals surface area contributed by atoms with Crippen LogP contribution in [0.1, 0.15) is 38.1 Å². The van der Waals surface area contributed by atoms with Gasteiger partial charge >= 0.3 is 0 Å². The van der Waals surface area contributed by atoms with Crippen molar-refractivity contribution in [3.8, 4) is 5.75 Å². The maximum atomic E-state index is 12.1. The Bertz CT molecular complexity index is 770. The minimum atomic E-state index is -0.584. The average Bonchev–Trinajstić information content (AvgIpc) is 3.02. The number of H-pyrrole nitrogens is 1. The Hall–Kier alpha value is -2.80. The highest BCUT2D eigenvalue weighted by molar-refractivity contribution is 6.30. The molecule has 0 bridgehead atoms. The first-order valence-corrected chi connectivity index (χ1v) is 6.93. The van der Waals surface area contributed by atoms with E-state index >= 15 is 0 Å². The number of ether oxygens (including phenoxy) is 1. The molecule has 0 saturated carbocycles. The van der Waals surface area contributed by atoms with E-state index in [2.05, 4.69) is 15.8 Å². The van der Waals surface area contributed by atoms with E-state index in [0.29, 0.717) is 10.6 Å². The highest BCUT2D eigenvalue weighted by Crippen LogP contribution is 2.22. The van der Waals surface area contributed by atoms with Gasteiger partial charge < -0.3 is 9.72 Å². The highest BCUT2D eigenvalue weighted by atomic mass is 35.5. The molecule has 1 heterocycles. The topological polar surface area (TPSA) is 100 Å². The summed E-state index contributed by atoms with van der Waals surface area (Å²) in [7, 11) is 1.41. The average molecular weight is 336 g/mol. The van der Waals surface area contributed by atoms with Gasteiger partial charge in [0, 0.05) is 16.8 Å². The third-order valence-corrected chi connectivity index (χ3v) is 3.27. The van der Waals surface area contributed by atoms with Gasteiger partial charge in [0.25, 0.3) is 11.8 Å². The maximum absolute atomic E-state index is 12.1. The summed E-state index contributed by atoms with van der Waals surface area (Å²) >= 11 is 5.82. The van der Waals surface area contributed by atoms with Crippen molar-refractivity contribution in [1.29, 1.82) is 0 Å². The zero-order valence-electron chi connectivity index (χ0n) is 12.4. The number of benzene rings is 1. The Morgan fingerprint density at radius 3 is 2.43 bits per heavy atom. The Balaban J connectivity index is 2.03. The first-order chi connectivity index (χ1) is 10.9. The lowest BCUT2D eigenvalue weighted by molar-refractivity contribution is 0.0842. The number of halogens is 1. The molecule has 0 aliphatic carbocycles. The van der Waals surface area contributed by atoms with Crippen molar-refractivity contribution in [3.63, 3.8) is 0 Å². The molecule has 2 aromatic rings. The van der Waals surface area contributed by atoms with Gasteiger partial charge in [-0.25, -0.2) is 0 Å². The summed E-state index contributed by atoms with van der Waals surface area (Å²) in [5, 5.41) is 0.422. The van der Waals surface area contributed by atoms with E-state index in [1.807, 2.05) is 0 Å². The molecule has 2 amide bonds. The fourth-order valence-electron chi connectivity index (χ4n) is 1.83. The number of nitrogens with one attached hydrogen (secondary N) is 3. The molecule has 120 valence electrons. The smallest absolute Gasteiger partial charge is 0.286 e. The van der Waals surface area contributed by atoms with Crippen LogP contribution < -0.4 is 15.6 Å². The quantitative estimate of drug-likeness (QED) is 0.587. The summed E-state index contributed by atoms with van der Waals surface area (Å²) in [6, 6.07) is 5.89. The number of amides is 2. The van der Waals surface area contributed by atoms with E-state index < -0.39 is 11.8 Å². The van der Waals surface area contributed by atoms with E-state index in [0.717, 1.165) is 0 Å². The van der Waals surface area contributed by atoms with Gasteiger partial charge in [-0.05, 0) is 31.2 Å². The molecule has 0 atom stereocenters. The molecular weight excluding hydrogens is 322 g/mol. The van der Waals surface area contributed by atoms with Gasteiger partial charge in [-0.1, -0.05) is 11.6 Å². The molecule has 0 fully saturated rings. The number of aromatic nitrogens is 1. The standard InChI is InChI=1S/C15H14ClN3O4/c1-8(20)9-5-12(17-7-9)15(22)19-18-14(21)11-4-3-10(16)6-13(11)23-2/h3-7,17H,1-2H3,(H,18,21)(H,19,22). The number of carbonyl (C=O) groups excluding carboxylic acids is 3. The van der Waals surface area contributed by atoms with Crippen LogP contribution in [0.25, 0.3) is 0 Å². The van der Waals surface area contributed by atoms with E-state index in [-0.39, 0.29) is 22.8 Å². The molecule has 0 aliphatic rings. The third kappa shape index (κ3) is 3.89. The number of Topliss-reactive ketones (excluding diaryl/α,β-unsaturated/α-hetero) is 1. The lowest BCUT2D eigenvalue weighted by Crippen LogP contribution is -2.41. The molecular formula is C15H14ClN3O4. The van der Waals surface area contributed by atoms with E-state index in [1.54, 1.807) is 0 Å². The number of ketones is 1. The van der Waals surface area contributed by atoms with Gasteiger partial charge in [0.1, 0.15) is 11.4 Å². The summed E-state index contributed by atoms with van der Waals surface area (Å²) in [6.45, 7) is 1.39. The Labute approximate surface area is 136 Å². The van der Waals surface area contributed by atoms with Gasteiger partial charge in [-0.3, -0.25) is 25.2 Å². The summed E-state index contributed by atoms with van der Waals surface area (Å²) in [4.78, 5) is 37.8. The van der Waals surface area contributed by atoms with E-state index in [1.165, 1.54) is 44.5 Å². The highest BCUT2D eigenvalue weighted by Gasteiger charge is 2.15. The monoisotopic (exact) mass is 335 g/mol. The van der Waals surface area contributed by atoms with Crippen LogP contribution in [-0.2, 0) is 0 Å². The van der Waals surface area contributed by atoms with Crippen molar-refractivity contribution >= 4 is 29.2 Å².